The molecule has 0 radical (unpaired) electrons. The van der Waals surface area contributed by atoms with Crippen molar-refractivity contribution in [1.29, 1.82) is 0 Å². The minimum atomic E-state index is 1.27. The average molecular weight is 216 g/mol. The second-order valence-electron chi connectivity index (χ2n) is 3.26. The average Bonchev–Trinajstić information content (AvgIpc) is 2.33. The summed E-state index contributed by atoms with van der Waals surface area (Å²) in [6.45, 7) is 15.3. The highest BCUT2D eigenvalue weighted by atomic mass is 13.8. The molecular formula is C16H24. The van der Waals surface area contributed by atoms with Gasteiger partial charge in [-0.3, -0.25) is 0 Å². The maximum Gasteiger partial charge on any atom is -0.0401 e. The predicted molar refractivity (Wildman–Crippen MR) is 77.5 cm³/mol. The molecule has 0 bridgehead atoms. The quantitative estimate of drug-likeness (QED) is 0.553. The van der Waals surface area contributed by atoms with Crippen molar-refractivity contribution in [3.05, 3.63) is 72.9 Å². The normalized spacial score (nSPS) is 12.5. The first kappa shape index (κ1) is 16.9. The van der Waals surface area contributed by atoms with Gasteiger partial charge in [0.25, 0.3) is 0 Å². The number of hydrogen-bond donors (Lipinski definition) is 0. The summed E-state index contributed by atoms with van der Waals surface area (Å²) in [6, 6.07) is 0. The summed E-state index contributed by atoms with van der Waals surface area (Å²) in [5.41, 5.74) is 2.54. The van der Waals surface area contributed by atoms with Crippen LogP contribution in [-0.2, 0) is 0 Å². The van der Waals surface area contributed by atoms with Crippen LogP contribution in [0.25, 0.3) is 0 Å². The van der Waals surface area contributed by atoms with Crippen molar-refractivity contribution in [2.24, 2.45) is 0 Å². The second kappa shape index (κ2) is 13.4. The number of hydrogen-bond acceptors (Lipinski definition) is 0. The van der Waals surface area contributed by atoms with Crippen molar-refractivity contribution in [3.8, 4) is 0 Å². The fourth-order valence-electron chi connectivity index (χ4n) is 0.632. The highest BCUT2D eigenvalue weighted by Crippen LogP contribution is 1.92. The molecule has 16 heavy (non-hydrogen) atoms. The fraction of sp³-hybridized carbons (Fsp3) is 0.250. The van der Waals surface area contributed by atoms with Crippen LogP contribution in [0.1, 0.15) is 27.7 Å². The Labute approximate surface area is 101 Å². The highest BCUT2D eigenvalue weighted by Gasteiger charge is 1.71. The monoisotopic (exact) mass is 216 g/mol. The van der Waals surface area contributed by atoms with E-state index in [4.69, 9.17) is 0 Å². The fourth-order valence-corrected chi connectivity index (χ4v) is 0.632. The van der Waals surface area contributed by atoms with Crippen LogP contribution in [0, 0.1) is 0 Å². The minimum Gasteiger partial charge on any atom is -0.0991 e. The van der Waals surface area contributed by atoms with Gasteiger partial charge in [0.2, 0.25) is 0 Å². The zero-order valence-electron chi connectivity index (χ0n) is 11.0. The van der Waals surface area contributed by atoms with E-state index in [1.165, 1.54) is 11.1 Å². The molecule has 0 spiro atoms. The van der Waals surface area contributed by atoms with Gasteiger partial charge in [-0.1, -0.05) is 72.9 Å². The maximum absolute atomic E-state index is 3.55. The molecule has 0 aromatic heterocycles. The summed E-state index contributed by atoms with van der Waals surface area (Å²) < 4.78 is 0. The molecular weight excluding hydrogens is 192 g/mol. The molecule has 0 aliphatic carbocycles. The lowest BCUT2D eigenvalue weighted by atomic mass is 10.3. The Hall–Kier alpha value is -1.56. The lowest BCUT2D eigenvalue weighted by molar-refractivity contribution is 1.48. The Balaban J connectivity index is 0. The molecule has 0 N–H and O–H groups in total. The van der Waals surface area contributed by atoms with Crippen LogP contribution in [0.2, 0.25) is 0 Å². The third-order valence-electron chi connectivity index (χ3n) is 1.90. The molecule has 0 amide bonds. The molecule has 0 heteroatoms. The molecule has 0 saturated carbocycles. The number of allylic oxidation sites excluding steroid dienone is 10. The Morgan fingerprint density at radius 2 is 1.06 bits per heavy atom. The van der Waals surface area contributed by atoms with Crippen LogP contribution >= 0.6 is 0 Å². The first-order valence-electron chi connectivity index (χ1n) is 5.46. The van der Waals surface area contributed by atoms with E-state index in [1.54, 1.807) is 12.2 Å². The molecule has 0 aliphatic heterocycles. The summed E-state index contributed by atoms with van der Waals surface area (Å²) in [5, 5.41) is 0. The standard InChI is InChI=1S/2C8H12/c2*1-4-6-7-8(3)5-2/h2*4-7H,1H2,2-3H3/b2*7-6-,8-5-. The first-order chi connectivity index (χ1) is 7.62. The summed E-state index contributed by atoms with van der Waals surface area (Å²) in [7, 11) is 0. The van der Waals surface area contributed by atoms with Crippen LogP contribution in [0.3, 0.4) is 0 Å². The van der Waals surface area contributed by atoms with Gasteiger partial charge in [-0.05, 0) is 27.7 Å². The van der Waals surface area contributed by atoms with Crippen LogP contribution in [-0.4, -0.2) is 0 Å². The van der Waals surface area contributed by atoms with Crippen molar-refractivity contribution in [1.82, 2.24) is 0 Å². The van der Waals surface area contributed by atoms with Crippen LogP contribution in [0.5, 0.6) is 0 Å². The van der Waals surface area contributed by atoms with Crippen molar-refractivity contribution in [2.45, 2.75) is 27.7 Å². The van der Waals surface area contributed by atoms with E-state index >= 15 is 0 Å². The molecule has 0 saturated heterocycles. The van der Waals surface area contributed by atoms with Gasteiger partial charge >= 0.3 is 0 Å². The lowest BCUT2D eigenvalue weighted by Crippen LogP contribution is -1.60. The zero-order valence-corrected chi connectivity index (χ0v) is 11.0. The van der Waals surface area contributed by atoms with Crippen molar-refractivity contribution in [3.63, 3.8) is 0 Å². The summed E-state index contributed by atoms with van der Waals surface area (Å²) >= 11 is 0. The van der Waals surface area contributed by atoms with E-state index in [1.807, 2.05) is 38.2 Å². The topological polar surface area (TPSA) is 0 Å². The van der Waals surface area contributed by atoms with E-state index in [-0.39, 0.29) is 0 Å². The summed E-state index contributed by atoms with van der Waals surface area (Å²) in [4.78, 5) is 0. The van der Waals surface area contributed by atoms with E-state index in [0.29, 0.717) is 0 Å². The largest absolute Gasteiger partial charge is 0.0991 e. The Bertz CT molecular complexity index is 264. The molecule has 0 unspecified atom stereocenters. The molecule has 0 rings (SSSR count). The van der Waals surface area contributed by atoms with Gasteiger partial charge in [-0.25, -0.2) is 0 Å². The van der Waals surface area contributed by atoms with Gasteiger partial charge < -0.3 is 0 Å². The Morgan fingerprint density at radius 1 is 0.750 bits per heavy atom. The van der Waals surface area contributed by atoms with Gasteiger partial charge in [0.15, 0.2) is 0 Å². The molecule has 0 fully saturated rings. The zero-order chi connectivity index (χ0) is 12.8. The Kier molecular flexibility index (Phi) is 14.2. The van der Waals surface area contributed by atoms with Gasteiger partial charge in [-0.15, -0.1) is 0 Å². The van der Waals surface area contributed by atoms with Crippen molar-refractivity contribution in [2.75, 3.05) is 0 Å². The highest BCUT2D eigenvalue weighted by molar-refractivity contribution is 5.18. The van der Waals surface area contributed by atoms with Crippen LogP contribution < -0.4 is 0 Å². The van der Waals surface area contributed by atoms with Crippen LogP contribution in [0.15, 0.2) is 72.9 Å². The van der Waals surface area contributed by atoms with Gasteiger partial charge in [0, 0.05) is 0 Å². The summed E-state index contributed by atoms with van der Waals surface area (Å²) in [6.07, 6.45) is 15.5. The minimum absolute atomic E-state index is 1.27. The lowest BCUT2D eigenvalue weighted by Gasteiger charge is -1.82. The van der Waals surface area contributed by atoms with Crippen molar-refractivity contribution >= 4 is 0 Å². The molecule has 0 aliphatic rings. The summed E-state index contributed by atoms with van der Waals surface area (Å²) in [5.74, 6) is 0. The molecule has 88 valence electrons. The second-order valence-corrected chi connectivity index (χ2v) is 3.26. The van der Waals surface area contributed by atoms with Crippen LogP contribution in [0.4, 0.5) is 0 Å². The predicted octanol–water partition coefficient (Wildman–Crippen LogP) is 5.39. The molecule has 0 nitrogen and oxygen atoms in total. The first-order valence-corrected chi connectivity index (χ1v) is 5.46. The molecule has 0 heterocycles. The van der Waals surface area contributed by atoms with Crippen molar-refractivity contribution < 1.29 is 0 Å². The maximum atomic E-state index is 3.55. The molecule has 0 aromatic rings. The molecule has 0 atom stereocenters. The molecule has 0 aromatic carbocycles. The third kappa shape index (κ3) is 14.9. The smallest absolute Gasteiger partial charge is 0.0401 e. The SMILES string of the molecule is C=C/C=C\C(C)=C/C.C=C/C=C\C(C)=C/C. The number of rotatable bonds is 4. The van der Waals surface area contributed by atoms with E-state index < -0.39 is 0 Å². The Morgan fingerprint density at radius 3 is 1.25 bits per heavy atom. The van der Waals surface area contributed by atoms with Gasteiger partial charge in [-0.2, -0.15) is 0 Å². The van der Waals surface area contributed by atoms with Gasteiger partial charge in [0.05, 0.1) is 0 Å². The van der Waals surface area contributed by atoms with E-state index in [9.17, 15) is 0 Å². The van der Waals surface area contributed by atoms with E-state index in [0.717, 1.165) is 0 Å². The van der Waals surface area contributed by atoms with E-state index in [2.05, 4.69) is 39.2 Å². The third-order valence-corrected chi connectivity index (χ3v) is 1.90. The van der Waals surface area contributed by atoms with Gasteiger partial charge in [0.1, 0.15) is 0 Å².